The first-order valence-electron chi connectivity index (χ1n) is 8.23. The van der Waals surface area contributed by atoms with E-state index in [9.17, 15) is 0 Å². The van der Waals surface area contributed by atoms with Crippen molar-refractivity contribution in [2.45, 2.75) is 26.2 Å². The summed E-state index contributed by atoms with van der Waals surface area (Å²) in [4.78, 5) is 4.60. The van der Waals surface area contributed by atoms with Crippen LogP contribution in [0, 0.1) is 0 Å². The second-order valence-corrected chi connectivity index (χ2v) is 6.91. The Morgan fingerprint density at radius 1 is 1.08 bits per heavy atom. The third-order valence-corrected chi connectivity index (χ3v) is 5.16. The van der Waals surface area contributed by atoms with Gasteiger partial charge in [0.05, 0.1) is 11.4 Å². The summed E-state index contributed by atoms with van der Waals surface area (Å²) in [5.41, 5.74) is 10.3. The number of anilines is 1. The highest BCUT2D eigenvalue weighted by molar-refractivity contribution is 7.14. The molecule has 0 saturated carbocycles. The zero-order valence-corrected chi connectivity index (χ0v) is 14.4. The lowest BCUT2D eigenvalue weighted by molar-refractivity contribution is 0.912. The average Bonchev–Trinajstić information content (AvgIpc) is 3.29. The number of aryl methyl sites for hydroxylation is 2. The topological polar surface area (TPSA) is 37.3 Å². The van der Waals surface area contributed by atoms with Crippen LogP contribution in [-0.4, -0.2) is 10.7 Å². The van der Waals surface area contributed by atoms with E-state index < -0.39 is 0 Å². The number of aromatic nitrogens is 1. The smallest absolute Gasteiger partial charge is 0.203 e. The molecule has 0 saturated heterocycles. The molecule has 0 aliphatic heterocycles. The highest BCUT2D eigenvalue weighted by Gasteiger charge is 2.11. The summed E-state index contributed by atoms with van der Waals surface area (Å²) < 4.78 is 0. The Morgan fingerprint density at radius 2 is 1.92 bits per heavy atom. The van der Waals surface area contributed by atoms with Crippen LogP contribution in [0.3, 0.4) is 0 Å². The van der Waals surface area contributed by atoms with Crippen LogP contribution in [0.1, 0.15) is 30.0 Å². The van der Waals surface area contributed by atoms with Crippen molar-refractivity contribution in [2.75, 3.05) is 5.43 Å². The Labute approximate surface area is 146 Å². The molecule has 0 bridgehead atoms. The molecule has 3 aromatic rings. The van der Waals surface area contributed by atoms with Crippen LogP contribution < -0.4 is 5.43 Å². The standard InChI is InChI=1S/C20H19N3S/c1-14(17-11-10-15-8-5-9-18(15)12-17)22-23-20-21-19(13-24-20)16-6-3-2-4-7-16/h2-4,6-7,10-13H,5,8-9H2,1H3,(H,21,23). The van der Waals surface area contributed by atoms with E-state index in [4.69, 9.17) is 0 Å². The third-order valence-electron chi connectivity index (χ3n) is 4.41. The molecule has 0 amide bonds. The molecule has 1 N–H and O–H groups in total. The quantitative estimate of drug-likeness (QED) is 0.530. The zero-order valence-electron chi connectivity index (χ0n) is 13.6. The van der Waals surface area contributed by atoms with E-state index in [0.717, 1.165) is 22.1 Å². The first-order valence-corrected chi connectivity index (χ1v) is 9.11. The number of nitrogens with one attached hydrogen (secondary N) is 1. The fraction of sp³-hybridized carbons (Fsp3) is 0.200. The Balaban J connectivity index is 1.50. The molecule has 3 nitrogen and oxygen atoms in total. The molecule has 1 aromatic heterocycles. The maximum atomic E-state index is 4.60. The molecule has 1 heterocycles. The van der Waals surface area contributed by atoms with Gasteiger partial charge in [-0.1, -0.05) is 42.5 Å². The molecule has 4 rings (SSSR count). The Kier molecular flexibility index (Phi) is 4.13. The summed E-state index contributed by atoms with van der Waals surface area (Å²) in [5, 5.41) is 7.38. The number of benzene rings is 2. The van der Waals surface area contributed by atoms with E-state index in [1.807, 2.05) is 25.1 Å². The van der Waals surface area contributed by atoms with Crippen LogP contribution in [0.25, 0.3) is 11.3 Å². The van der Waals surface area contributed by atoms with Gasteiger partial charge in [-0.25, -0.2) is 4.98 Å². The maximum absolute atomic E-state index is 4.60. The Morgan fingerprint density at radius 3 is 2.79 bits per heavy atom. The van der Waals surface area contributed by atoms with Gasteiger partial charge in [0, 0.05) is 10.9 Å². The summed E-state index contributed by atoms with van der Waals surface area (Å²) >= 11 is 1.57. The van der Waals surface area contributed by atoms with Crippen molar-refractivity contribution in [3.8, 4) is 11.3 Å². The molecule has 0 spiro atoms. The van der Waals surface area contributed by atoms with Gasteiger partial charge in [0.2, 0.25) is 5.13 Å². The number of hydrogen-bond acceptors (Lipinski definition) is 4. The van der Waals surface area contributed by atoms with Crippen molar-refractivity contribution in [3.63, 3.8) is 0 Å². The molecule has 24 heavy (non-hydrogen) atoms. The van der Waals surface area contributed by atoms with Crippen molar-refractivity contribution < 1.29 is 0 Å². The van der Waals surface area contributed by atoms with E-state index in [0.29, 0.717) is 0 Å². The predicted octanol–water partition coefficient (Wildman–Crippen LogP) is 5.13. The third kappa shape index (κ3) is 3.10. The number of rotatable bonds is 4. The normalized spacial score (nSPS) is 13.8. The minimum atomic E-state index is 0.814. The summed E-state index contributed by atoms with van der Waals surface area (Å²) in [6.07, 6.45) is 3.68. The van der Waals surface area contributed by atoms with E-state index in [-0.39, 0.29) is 0 Å². The lowest BCUT2D eigenvalue weighted by Crippen LogP contribution is -2.00. The molecule has 4 heteroatoms. The van der Waals surface area contributed by atoms with Crippen molar-refractivity contribution in [1.29, 1.82) is 0 Å². The van der Waals surface area contributed by atoms with Crippen LogP contribution in [0.5, 0.6) is 0 Å². The van der Waals surface area contributed by atoms with Gasteiger partial charge in [0.1, 0.15) is 0 Å². The molecular weight excluding hydrogens is 314 g/mol. The van der Waals surface area contributed by atoms with E-state index in [2.05, 4.69) is 51.2 Å². The second-order valence-electron chi connectivity index (χ2n) is 6.05. The van der Waals surface area contributed by atoms with Gasteiger partial charge in [-0.05, 0) is 48.9 Å². The summed E-state index contributed by atoms with van der Waals surface area (Å²) in [6, 6.07) is 16.9. The lowest BCUT2D eigenvalue weighted by atomic mass is 10.0. The van der Waals surface area contributed by atoms with Gasteiger partial charge >= 0.3 is 0 Å². The SMILES string of the molecule is CC(=NNc1nc(-c2ccccc2)cs1)c1ccc2c(c1)CCC2. The monoisotopic (exact) mass is 333 g/mol. The number of thiazole rings is 1. The second kappa shape index (κ2) is 6.57. The van der Waals surface area contributed by atoms with Gasteiger partial charge in [-0.2, -0.15) is 5.10 Å². The fourth-order valence-electron chi connectivity index (χ4n) is 3.06. The summed E-state index contributed by atoms with van der Waals surface area (Å²) in [6.45, 7) is 2.04. The van der Waals surface area contributed by atoms with Gasteiger partial charge in [0.25, 0.3) is 0 Å². The van der Waals surface area contributed by atoms with Crippen LogP contribution in [0.2, 0.25) is 0 Å². The number of fused-ring (bicyclic) bond motifs is 1. The highest BCUT2D eigenvalue weighted by Crippen LogP contribution is 2.25. The maximum Gasteiger partial charge on any atom is 0.203 e. The van der Waals surface area contributed by atoms with Crippen LogP contribution in [-0.2, 0) is 12.8 Å². The predicted molar refractivity (Wildman–Crippen MR) is 102 cm³/mol. The summed E-state index contributed by atoms with van der Waals surface area (Å²) in [5.74, 6) is 0. The fourth-order valence-corrected chi connectivity index (χ4v) is 3.72. The minimum Gasteiger partial charge on any atom is -0.252 e. The average molecular weight is 333 g/mol. The first kappa shape index (κ1) is 15.1. The van der Waals surface area contributed by atoms with Gasteiger partial charge in [-0.15, -0.1) is 11.3 Å². The molecule has 2 aromatic carbocycles. The molecule has 0 radical (unpaired) electrons. The molecule has 0 fully saturated rings. The van der Waals surface area contributed by atoms with Crippen molar-refractivity contribution >= 4 is 22.2 Å². The van der Waals surface area contributed by atoms with E-state index >= 15 is 0 Å². The van der Waals surface area contributed by atoms with Gasteiger partial charge in [-0.3, -0.25) is 5.43 Å². The summed E-state index contributed by atoms with van der Waals surface area (Å²) in [7, 11) is 0. The Bertz CT molecular complexity index is 881. The lowest BCUT2D eigenvalue weighted by Gasteiger charge is -2.05. The van der Waals surface area contributed by atoms with Gasteiger partial charge < -0.3 is 0 Å². The largest absolute Gasteiger partial charge is 0.252 e. The number of hydrazone groups is 1. The molecule has 1 aliphatic rings. The first-order chi connectivity index (χ1) is 11.8. The van der Waals surface area contributed by atoms with E-state index in [1.165, 1.54) is 36.0 Å². The molecular formula is C20H19N3S. The molecule has 1 aliphatic carbocycles. The molecule has 0 unspecified atom stereocenters. The Hall–Kier alpha value is -2.46. The van der Waals surface area contributed by atoms with Crippen molar-refractivity contribution in [2.24, 2.45) is 5.10 Å². The van der Waals surface area contributed by atoms with Gasteiger partial charge in [0.15, 0.2) is 0 Å². The molecule has 120 valence electrons. The molecule has 0 atom stereocenters. The number of nitrogens with zero attached hydrogens (tertiary/aromatic N) is 2. The van der Waals surface area contributed by atoms with E-state index in [1.54, 1.807) is 11.3 Å². The highest BCUT2D eigenvalue weighted by atomic mass is 32.1. The van der Waals surface area contributed by atoms with Crippen molar-refractivity contribution in [3.05, 3.63) is 70.6 Å². The van der Waals surface area contributed by atoms with Crippen molar-refractivity contribution in [1.82, 2.24) is 4.98 Å². The zero-order chi connectivity index (χ0) is 16.4. The van der Waals surface area contributed by atoms with Crippen LogP contribution >= 0.6 is 11.3 Å². The number of hydrogen-bond donors (Lipinski definition) is 1. The van der Waals surface area contributed by atoms with Crippen LogP contribution in [0.15, 0.2) is 59.0 Å². The minimum absolute atomic E-state index is 0.814. The van der Waals surface area contributed by atoms with Crippen LogP contribution in [0.4, 0.5) is 5.13 Å².